The van der Waals surface area contributed by atoms with E-state index < -0.39 is 5.97 Å². The van der Waals surface area contributed by atoms with Gasteiger partial charge < -0.3 is 9.84 Å². The maximum absolute atomic E-state index is 11.1. The minimum Gasteiger partial charge on any atom is -0.497 e. The zero-order valence-corrected chi connectivity index (χ0v) is 18.2. The Labute approximate surface area is 182 Å². The number of carboxylic acid groups (broad SMARTS) is 1. The predicted octanol–water partition coefficient (Wildman–Crippen LogP) is 5.63. The van der Waals surface area contributed by atoms with Crippen molar-refractivity contribution in [2.45, 2.75) is 36.2 Å². The van der Waals surface area contributed by atoms with Crippen LogP contribution in [0.5, 0.6) is 5.75 Å². The summed E-state index contributed by atoms with van der Waals surface area (Å²) in [4.78, 5) is 15.6. The van der Waals surface area contributed by atoms with Gasteiger partial charge in [0, 0.05) is 29.4 Å². The molecule has 30 heavy (non-hydrogen) atoms. The van der Waals surface area contributed by atoms with Crippen LogP contribution in [-0.2, 0) is 17.9 Å². The second-order valence-electron chi connectivity index (χ2n) is 7.27. The van der Waals surface area contributed by atoms with Gasteiger partial charge in [-0.3, -0.25) is 9.69 Å². The molecule has 0 saturated heterocycles. The number of benzene rings is 3. The van der Waals surface area contributed by atoms with Gasteiger partial charge in [0.2, 0.25) is 0 Å². The van der Waals surface area contributed by atoms with E-state index in [1.54, 1.807) is 18.9 Å². The van der Waals surface area contributed by atoms with Crippen LogP contribution in [0.4, 0.5) is 0 Å². The van der Waals surface area contributed by atoms with Crippen molar-refractivity contribution in [2.75, 3.05) is 13.7 Å². The number of rotatable bonds is 10. The van der Waals surface area contributed by atoms with Crippen LogP contribution in [0.15, 0.2) is 82.6 Å². The highest BCUT2D eigenvalue weighted by molar-refractivity contribution is 7.99. The molecule has 3 rings (SSSR count). The summed E-state index contributed by atoms with van der Waals surface area (Å²) in [7, 11) is 1.67. The molecule has 0 spiro atoms. The van der Waals surface area contributed by atoms with Gasteiger partial charge in [-0.25, -0.2) is 0 Å². The van der Waals surface area contributed by atoms with Crippen LogP contribution in [0.25, 0.3) is 0 Å². The largest absolute Gasteiger partial charge is 0.497 e. The van der Waals surface area contributed by atoms with Crippen LogP contribution in [0, 0.1) is 6.92 Å². The van der Waals surface area contributed by atoms with Crippen LogP contribution in [0.2, 0.25) is 0 Å². The first-order valence-corrected chi connectivity index (χ1v) is 10.7. The number of ether oxygens (including phenoxy) is 1. The quantitative estimate of drug-likeness (QED) is 0.460. The highest BCUT2D eigenvalue weighted by Gasteiger charge is 2.11. The van der Waals surface area contributed by atoms with E-state index in [1.807, 2.05) is 24.3 Å². The number of hydrogen-bond donors (Lipinski definition) is 1. The topological polar surface area (TPSA) is 49.8 Å². The minimum absolute atomic E-state index is 0.129. The van der Waals surface area contributed by atoms with Crippen molar-refractivity contribution < 1.29 is 14.6 Å². The van der Waals surface area contributed by atoms with Gasteiger partial charge in [-0.2, -0.15) is 0 Å². The van der Waals surface area contributed by atoms with E-state index in [-0.39, 0.29) is 6.42 Å². The first-order chi connectivity index (χ1) is 14.5. The molecular formula is C25H27NO3S. The molecule has 0 aliphatic heterocycles. The number of aryl methyl sites for hydroxylation is 1. The van der Waals surface area contributed by atoms with Crippen molar-refractivity contribution >= 4 is 17.7 Å². The number of carbonyl (C=O) groups is 1. The normalized spacial score (nSPS) is 10.9. The Bertz CT molecular complexity index is 989. The van der Waals surface area contributed by atoms with E-state index in [0.29, 0.717) is 13.1 Å². The van der Waals surface area contributed by atoms with E-state index in [1.165, 1.54) is 16.7 Å². The zero-order chi connectivity index (χ0) is 21.3. The third kappa shape index (κ3) is 6.94. The third-order valence-electron chi connectivity index (χ3n) is 4.71. The van der Waals surface area contributed by atoms with E-state index in [0.717, 1.165) is 22.1 Å². The Morgan fingerprint density at radius 2 is 1.57 bits per heavy atom. The number of nitrogens with zero attached hydrogens (tertiary/aromatic N) is 1. The molecule has 0 aromatic heterocycles. The smallest absolute Gasteiger partial charge is 0.304 e. The van der Waals surface area contributed by atoms with Gasteiger partial charge in [0.15, 0.2) is 0 Å². The molecule has 0 fully saturated rings. The van der Waals surface area contributed by atoms with Crippen molar-refractivity contribution in [2.24, 2.45) is 0 Å². The molecule has 3 aromatic carbocycles. The Morgan fingerprint density at radius 1 is 0.933 bits per heavy atom. The van der Waals surface area contributed by atoms with Crippen molar-refractivity contribution in [1.29, 1.82) is 0 Å². The number of hydrogen-bond acceptors (Lipinski definition) is 4. The minimum atomic E-state index is -0.772. The Morgan fingerprint density at radius 3 is 2.23 bits per heavy atom. The Balaban J connectivity index is 1.73. The summed E-state index contributed by atoms with van der Waals surface area (Å²) in [5.74, 6) is 0.0701. The first-order valence-electron chi connectivity index (χ1n) is 9.92. The van der Waals surface area contributed by atoms with Crippen LogP contribution in [-0.4, -0.2) is 29.6 Å². The molecule has 0 amide bonds. The van der Waals surface area contributed by atoms with Gasteiger partial charge in [0.05, 0.1) is 13.5 Å². The lowest BCUT2D eigenvalue weighted by Gasteiger charge is -2.22. The van der Waals surface area contributed by atoms with Crippen molar-refractivity contribution in [1.82, 2.24) is 4.90 Å². The summed E-state index contributed by atoms with van der Waals surface area (Å²) >= 11 is 1.69. The number of aliphatic carboxylic acids is 1. The van der Waals surface area contributed by atoms with Gasteiger partial charge in [-0.05, 0) is 48.4 Å². The van der Waals surface area contributed by atoms with Gasteiger partial charge in [-0.15, -0.1) is 0 Å². The van der Waals surface area contributed by atoms with Crippen molar-refractivity contribution in [3.63, 3.8) is 0 Å². The number of carboxylic acids is 1. The van der Waals surface area contributed by atoms with E-state index >= 15 is 0 Å². The molecule has 0 unspecified atom stereocenters. The fourth-order valence-corrected chi connectivity index (χ4v) is 4.25. The van der Waals surface area contributed by atoms with Crippen LogP contribution >= 0.6 is 11.8 Å². The monoisotopic (exact) mass is 421 g/mol. The Hall–Kier alpha value is -2.76. The SMILES string of the molecule is COc1cccc(Sc2cccc(CN(CCC(=O)O)Cc3cccc(C)c3)c2)c1. The lowest BCUT2D eigenvalue weighted by atomic mass is 10.1. The van der Waals surface area contributed by atoms with Crippen molar-refractivity contribution in [3.8, 4) is 5.75 Å². The van der Waals surface area contributed by atoms with E-state index in [2.05, 4.69) is 60.4 Å². The molecule has 0 aliphatic carbocycles. The van der Waals surface area contributed by atoms with Crippen LogP contribution in [0.3, 0.4) is 0 Å². The molecule has 0 heterocycles. The summed E-state index contributed by atoms with van der Waals surface area (Å²) in [5, 5.41) is 9.15. The average Bonchev–Trinajstić information content (AvgIpc) is 2.72. The maximum Gasteiger partial charge on any atom is 0.304 e. The lowest BCUT2D eigenvalue weighted by Crippen LogP contribution is -2.25. The summed E-state index contributed by atoms with van der Waals surface area (Å²) < 4.78 is 5.31. The average molecular weight is 422 g/mol. The van der Waals surface area contributed by atoms with E-state index in [4.69, 9.17) is 9.84 Å². The molecule has 0 aliphatic rings. The Kier molecular flexibility index (Phi) is 7.94. The summed E-state index contributed by atoms with van der Waals surface area (Å²) in [6.07, 6.45) is 0.129. The van der Waals surface area contributed by atoms with Crippen LogP contribution in [0.1, 0.15) is 23.1 Å². The van der Waals surface area contributed by atoms with Gasteiger partial charge in [-0.1, -0.05) is 59.8 Å². The molecular weight excluding hydrogens is 394 g/mol. The standard InChI is InChI=1S/C25H27NO3S/c1-19-6-3-7-20(14-19)17-26(13-12-25(27)28)18-21-8-4-10-23(15-21)30-24-11-5-9-22(16-24)29-2/h3-11,14-16H,12-13,17-18H2,1-2H3,(H,27,28). The highest BCUT2D eigenvalue weighted by Crippen LogP contribution is 2.30. The van der Waals surface area contributed by atoms with Crippen molar-refractivity contribution in [3.05, 3.63) is 89.5 Å². The molecule has 0 bridgehead atoms. The summed E-state index contributed by atoms with van der Waals surface area (Å²) in [5.41, 5.74) is 3.57. The highest BCUT2D eigenvalue weighted by atomic mass is 32.2. The molecule has 3 aromatic rings. The third-order valence-corrected chi connectivity index (χ3v) is 5.69. The fraction of sp³-hybridized carbons (Fsp3) is 0.240. The predicted molar refractivity (Wildman–Crippen MR) is 121 cm³/mol. The molecule has 0 atom stereocenters. The molecule has 1 N–H and O–H groups in total. The zero-order valence-electron chi connectivity index (χ0n) is 17.4. The second kappa shape index (κ2) is 10.9. The van der Waals surface area contributed by atoms with E-state index in [9.17, 15) is 4.79 Å². The second-order valence-corrected chi connectivity index (χ2v) is 8.42. The molecule has 4 nitrogen and oxygen atoms in total. The summed E-state index contributed by atoms with van der Waals surface area (Å²) in [6, 6.07) is 24.8. The number of methoxy groups -OCH3 is 1. The fourth-order valence-electron chi connectivity index (χ4n) is 3.30. The first kappa shape index (κ1) is 21.9. The molecule has 0 saturated carbocycles. The lowest BCUT2D eigenvalue weighted by molar-refractivity contribution is -0.137. The maximum atomic E-state index is 11.1. The van der Waals surface area contributed by atoms with Gasteiger partial charge in [0.25, 0.3) is 0 Å². The van der Waals surface area contributed by atoms with Crippen LogP contribution < -0.4 is 4.74 Å². The summed E-state index contributed by atoms with van der Waals surface area (Å²) in [6.45, 7) is 4.01. The molecule has 0 radical (unpaired) electrons. The van der Waals surface area contributed by atoms with Gasteiger partial charge >= 0.3 is 5.97 Å². The molecule has 156 valence electrons. The molecule has 5 heteroatoms. The van der Waals surface area contributed by atoms with Gasteiger partial charge in [0.1, 0.15) is 5.75 Å².